The van der Waals surface area contributed by atoms with Gasteiger partial charge in [0.2, 0.25) is 0 Å². The molecule has 0 saturated heterocycles. The van der Waals surface area contributed by atoms with Crippen LogP contribution in [0.25, 0.3) is 0 Å². The number of sulfonamides is 1. The first kappa shape index (κ1) is 12.6. The standard InChI is InChI=1S/C8H9FN2O4S/c1-15-8(12)6-3-2-5(9)4-7(6)16(13,14)11-10/h2-4,11H,10H2,1H3. The third-order valence-corrected chi connectivity index (χ3v) is 3.02. The minimum atomic E-state index is -4.12. The summed E-state index contributed by atoms with van der Waals surface area (Å²) in [5.41, 5.74) is -0.290. The van der Waals surface area contributed by atoms with E-state index in [1.807, 2.05) is 0 Å². The van der Waals surface area contributed by atoms with E-state index in [9.17, 15) is 17.6 Å². The van der Waals surface area contributed by atoms with Gasteiger partial charge in [-0.05, 0) is 18.2 Å². The molecule has 0 aliphatic carbocycles. The second-order valence-corrected chi connectivity index (χ2v) is 4.44. The maximum atomic E-state index is 12.9. The summed E-state index contributed by atoms with van der Waals surface area (Å²) in [7, 11) is -3.04. The molecule has 0 atom stereocenters. The summed E-state index contributed by atoms with van der Waals surface area (Å²) >= 11 is 0. The molecule has 0 saturated carbocycles. The molecule has 1 rings (SSSR count). The Hall–Kier alpha value is -1.51. The van der Waals surface area contributed by atoms with Gasteiger partial charge in [-0.1, -0.05) is 0 Å². The SMILES string of the molecule is COC(=O)c1ccc(F)cc1S(=O)(=O)NN. The number of rotatable bonds is 3. The Morgan fingerprint density at radius 2 is 2.12 bits per heavy atom. The van der Waals surface area contributed by atoms with Crippen molar-refractivity contribution in [1.29, 1.82) is 0 Å². The van der Waals surface area contributed by atoms with E-state index < -0.39 is 26.7 Å². The van der Waals surface area contributed by atoms with Gasteiger partial charge in [0, 0.05) is 0 Å². The van der Waals surface area contributed by atoms with Gasteiger partial charge in [0.25, 0.3) is 10.0 Å². The lowest BCUT2D eigenvalue weighted by Gasteiger charge is -2.07. The number of hydrogen-bond donors (Lipinski definition) is 2. The average Bonchev–Trinajstić information content (AvgIpc) is 2.28. The summed E-state index contributed by atoms with van der Waals surface area (Å²) in [5.74, 6) is 3.09. The van der Waals surface area contributed by atoms with Gasteiger partial charge in [-0.2, -0.15) is 4.83 Å². The van der Waals surface area contributed by atoms with Crippen molar-refractivity contribution in [3.05, 3.63) is 29.6 Å². The van der Waals surface area contributed by atoms with E-state index in [0.717, 1.165) is 19.2 Å². The quantitative estimate of drug-likeness (QED) is 0.437. The summed E-state index contributed by atoms with van der Waals surface area (Å²) in [4.78, 5) is 12.2. The second-order valence-electron chi connectivity index (χ2n) is 2.75. The summed E-state index contributed by atoms with van der Waals surface area (Å²) in [6.45, 7) is 0. The molecule has 1 aromatic rings. The van der Waals surface area contributed by atoms with Gasteiger partial charge in [-0.25, -0.2) is 17.6 Å². The minimum Gasteiger partial charge on any atom is -0.465 e. The lowest BCUT2D eigenvalue weighted by molar-refractivity contribution is 0.0596. The van der Waals surface area contributed by atoms with E-state index in [-0.39, 0.29) is 5.56 Å². The third kappa shape index (κ3) is 2.35. The van der Waals surface area contributed by atoms with Gasteiger partial charge >= 0.3 is 5.97 Å². The van der Waals surface area contributed by atoms with E-state index in [4.69, 9.17) is 5.84 Å². The fourth-order valence-corrected chi connectivity index (χ4v) is 1.90. The van der Waals surface area contributed by atoms with Crippen LogP contribution in [-0.4, -0.2) is 21.5 Å². The first-order chi connectivity index (χ1) is 7.42. The molecule has 0 aliphatic heterocycles. The molecule has 0 radical (unpaired) electrons. The second kappa shape index (κ2) is 4.56. The van der Waals surface area contributed by atoms with Gasteiger partial charge in [0.05, 0.1) is 12.7 Å². The number of carbonyl (C=O) groups is 1. The zero-order valence-electron chi connectivity index (χ0n) is 8.23. The number of hydrogen-bond acceptors (Lipinski definition) is 5. The van der Waals surface area contributed by atoms with Crippen molar-refractivity contribution in [3.8, 4) is 0 Å². The summed E-state index contributed by atoms with van der Waals surface area (Å²) in [5, 5.41) is 0. The molecule has 3 N–H and O–H groups in total. The number of ether oxygens (including phenoxy) is 1. The number of methoxy groups -OCH3 is 1. The van der Waals surface area contributed by atoms with E-state index in [0.29, 0.717) is 6.07 Å². The molecule has 0 amide bonds. The van der Waals surface area contributed by atoms with Crippen molar-refractivity contribution in [2.45, 2.75) is 4.90 Å². The average molecular weight is 248 g/mol. The summed E-state index contributed by atoms with van der Waals surface area (Å²) < 4.78 is 40.0. The Balaban J connectivity index is 3.47. The highest BCUT2D eigenvalue weighted by atomic mass is 32.2. The van der Waals surface area contributed by atoms with Gasteiger partial charge in [0.1, 0.15) is 10.7 Å². The number of nitrogens with one attached hydrogen (secondary N) is 1. The molecule has 0 fully saturated rings. The molecule has 0 unspecified atom stereocenters. The summed E-state index contributed by atoms with van der Waals surface area (Å²) in [6, 6.07) is 2.63. The van der Waals surface area contributed by atoms with Crippen LogP contribution < -0.4 is 10.7 Å². The van der Waals surface area contributed by atoms with Crippen LogP contribution in [0.2, 0.25) is 0 Å². The molecule has 1 aromatic carbocycles. The molecule has 8 heteroatoms. The van der Waals surface area contributed by atoms with Crippen molar-refractivity contribution in [2.75, 3.05) is 7.11 Å². The Morgan fingerprint density at radius 1 is 1.50 bits per heavy atom. The van der Waals surface area contributed by atoms with E-state index in [2.05, 4.69) is 4.74 Å². The highest BCUT2D eigenvalue weighted by molar-refractivity contribution is 7.89. The minimum absolute atomic E-state index is 0.290. The Labute approximate surface area is 91.2 Å². The van der Waals surface area contributed by atoms with E-state index >= 15 is 0 Å². The fraction of sp³-hybridized carbons (Fsp3) is 0.125. The zero-order valence-corrected chi connectivity index (χ0v) is 9.05. The zero-order chi connectivity index (χ0) is 12.3. The number of hydrazine groups is 1. The van der Waals surface area contributed by atoms with Crippen LogP contribution in [0.3, 0.4) is 0 Å². The van der Waals surface area contributed by atoms with Crippen LogP contribution in [-0.2, 0) is 14.8 Å². The molecule has 88 valence electrons. The van der Waals surface area contributed by atoms with Gasteiger partial charge in [0.15, 0.2) is 0 Å². The molecular formula is C8H9FN2O4S. The van der Waals surface area contributed by atoms with Crippen molar-refractivity contribution in [2.24, 2.45) is 5.84 Å². The highest BCUT2D eigenvalue weighted by Crippen LogP contribution is 2.17. The largest absolute Gasteiger partial charge is 0.465 e. The van der Waals surface area contributed by atoms with E-state index in [1.165, 1.54) is 4.83 Å². The predicted octanol–water partition coefficient (Wildman–Crippen LogP) is -0.236. The number of esters is 1. The molecule has 0 heterocycles. The van der Waals surface area contributed by atoms with Gasteiger partial charge in [-0.3, -0.25) is 5.84 Å². The van der Waals surface area contributed by atoms with Crippen LogP contribution in [0.5, 0.6) is 0 Å². The number of carbonyl (C=O) groups excluding carboxylic acids is 1. The van der Waals surface area contributed by atoms with Gasteiger partial charge < -0.3 is 4.74 Å². The summed E-state index contributed by atoms with van der Waals surface area (Å²) in [6.07, 6.45) is 0. The van der Waals surface area contributed by atoms with Crippen molar-refractivity contribution in [3.63, 3.8) is 0 Å². The Kier molecular flexibility index (Phi) is 3.58. The Bertz CT molecular complexity index is 515. The first-order valence-electron chi connectivity index (χ1n) is 4.02. The molecular weight excluding hydrogens is 239 g/mol. The Morgan fingerprint density at radius 3 is 2.62 bits per heavy atom. The monoisotopic (exact) mass is 248 g/mol. The smallest absolute Gasteiger partial charge is 0.339 e. The predicted molar refractivity (Wildman–Crippen MR) is 52.2 cm³/mol. The van der Waals surface area contributed by atoms with Crippen molar-refractivity contribution in [1.82, 2.24) is 4.83 Å². The number of nitrogens with two attached hydrogens (primary N) is 1. The third-order valence-electron chi connectivity index (χ3n) is 1.79. The fourth-order valence-electron chi connectivity index (χ4n) is 1.06. The first-order valence-corrected chi connectivity index (χ1v) is 5.51. The van der Waals surface area contributed by atoms with Crippen molar-refractivity contribution >= 4 is 16.0 Å². The van der Waals surface area contributed by atoms with Crippen molar-refractivity contribution < 1.29 is 22.3 Å². The lowest BCUT2D eigenvalue weighted by Crippen LogP contribution is -2.31. The van der Waals surface area contributed by atoms with Crippen LogP contribution in [0.4, 0.5) is 4.39 Å². The molecule has 0 bridgehead atoms. The van der Waals surface area contributed by atoms with Gasteiger partial charge in [-0.15, -0.1) is 0 Å². The maximum Gasteiger partial charge on any atom is 0.339 e. The number of halogens is 1. The highest BCUT2D eigenvalue weighted by Gasteiger charge is 2.22. The van der Waals surface area contributed by atoms with Crippen LogP contribution in [0.1, 0.15) is 10.4 Å². The van der Waals surface area contributed by atoms with Crippen LogP contribution in [0.15, 0.2) is 23.1 Å². The van der Waals surface area contributed by atoms with Crippen LogP contribution in [0, 0.1) is 5.82 Å². The van der Waals surface area contributed by atoms with E-state index in [1.54, 1.807) is 0 Å². The lowest BCUT2D eigenvalue weighted by atomic mass is 10.2. The molecule has 0 aliphatic rings. The normalized spacial score (nSPS) is 11.2. The molecule has 0 aromatic heterocycles. The topological polar surface area (TPSA) is 98.5 Å². The number of benzene rings is 1. The van der Waals surface area contributed by atoms with Crippen LogP contribution >= 0.6 is 0 Å². The molecule has 16 heavy (non-hydrogen) atoms. The molecule has 0 spiro atoms. The molecule has 6 nitrogen and oxygen atoms in total. The maximum absolute atomic E-state index is 12.9.